The van der Waals surface area contributed by atoms with Crippen LogP contribution in [0.5, 0.6) is 11.5 Å². The van der Waals surface area contributed by atoms with Gasteiger partial charge in [-0.1, -0.05) is 24.3 Å². The number of carbonyl (C=O) groups excluding carboxylic acids is 4. The summed E-state index contributed by atoms with van der Waals surface area (Å²) in [6.07, 6.45) is 1.18. The Hall–Kier alpha value is -4.52. The number of phenolic OH excluding ortho intramolecular Hbond substituents is 2. The van der Waals surface area contributed by atoms with Crippen LogP contribution in [0.4, 0.5) is 0 Å². The Bertz CT molecular complexity index is 1470. The highest BCUT2D eigenvalue weighted by atomic mass is 32.2. The molecule has 5 atom stereocenters. The normalized spacial score (nSPS) is 25.8. The number of carboxylic acid groups (broad SMARTS) is 1. The molecule has 0 bridgehead atoms. The quantitative estimate of drug-likeness (QED) is 0.316. The summed E-state index contributed by atoms with van der Waals surface area (Å²) in [4.78, 5) is 68.1. The number of benzene rings is 2. The van der Waals surface area contributed by atoms with Gasteiger partial charge in [0.1, 0.15) is 41.0 Å². The summed E-state index contributed by atoms with van der Waals surface area (Å²) in [6, 6.07) is 6.65. The van der Waals surface area contributed by atoms with Crippen LogP contribution in [0.1, 0.15) is 44.0 Å². The van der Waals surface area contributed by atoms with Gasteiger partial charge in [-0.05, 0) is 56.2 Å². The van der Waals surface area contributed by atoms with Crippen molar-refractivity contribution in [3.63, 3.8) is 0 Å². The first kappa shape index (κ1) is 28.0. The van der Waals surface area contributed by atoms with E-state index in [0.717, 1.165) is 4.90 Å². The maximum atomic E-state index is 14.0. The van der Waals surface area contributed by atoms with Crippen LogP contribution in [-0.2, 0) is 24.0 Å². The van der Waals surface area contributed by atoms with E-state index in [2.05, 4.69) is 10.6 Å². The second-order valence-electron chi connectivity index (χ2n) is 10.6. The Kier molecular flexibility index (Phi) is 6.93. The molecule has 41 heavy (non-hydrogen) atoms. The average molecular weight is 581 g/mol. The van der Waals surface area contributed by atoms with Crippen molar-refractivity contribution in [2.45, 2.75) is 55.1 Å². The largest absolute Gasteiger partial charge is 0.508 e. The Morgan fingerprint density at radius 3 is 2.15 bits per heavy atom. The molecule has 2 aromatic carbocycles. The fourth-order valence-corrected chi connectivity index (χ4v) is 7.12. The number of hydrogen-bond acceptors (Lipinski definition) is 8. The molecule has 3 aliphatic heterocycles. The summed E-state index contributed by atoms with van der Waals surface area (Å²) in [5.74, 6) is -3.75. The monoisotopic (exact) mass is 580 g/mol. The SMILES string of the molecule is CC1=CC(=O)NC(c2ccc(O)cc2)C(=O)N1[C@@H](C(=O)N[C@@H]1C(=O)N2[C@@H]1SC(C)(C)[C@@H]2C(=O)O)c1ccc(O)cc1. The summed E-state index contributed by atoms with van der Waals surface area (Å²) < 4.78 is -0.800. The van der Waals surface area contributed by atoms with Crippen molar-refractivity contribution in [1.82, 2.24) is 20.4 Å². The van der Waals surface area contributed by atoms with Crippen LogP contribution >= 0.6 is 11.8 Å². The smallest absolute Gasteiger partial charge is 0.327 e. The molecule has 1 unspecified atom stereocenters. The van der Waals surface area contributed by atoms with E-state index in [1.165, 1.54) is 78.2 Å². The number of allylic oxidation sites excluding steroid dienone is 1. The van der Waals surface area contributed by atoms with Crippen molar-refractivity contribution in [2.24, 2.45) is 0 Å². The van der Waals surface area contributed by atoms with E-state index >= 15 is 0 Å². The Morgan fingerprint density at radius 2 is 1.56 bits per heavy atom. The molecule has 5 N–H and O–H groups in total. The summed E-state index contributed by atoms with van der Waals surface area (Å²) in [7, 11) is 0. The highest BCUT2D eigenvalue weighted by molar-refractivity contribution is 8.01. The lowest BCUT2D eigenvalue weighted by Gasteiger charge is -2.44. The third-order valence-electron chi connectivity index (χ3n) is 7.41. The molecule has 2 fully saturated rings. The lowest BCUT2D eigenvalue weighted by Crippen LogP contribution is -2.71. The number of nitrogens with zero attached hydrogens (tertiary/aromatic N) is 2. The first-order valence-electron chi connectivity index (χ1n) is 12.7. The number of carboxylic acids is 1. The van der Waals surface area contributed by atoms with Gasteiger partial charge in [0.2, 0.25) is 17.7 Å². The van der Waals surface area contributed by atoms with Crippen molar-refractivity contribution in [1.29, 1.82) is 0 Å². The lowest BCUT2D eigenvalue weighted by molar-refractivity contribution is -0.161. The van der Waals surface area contributed by atoms with Crippen LogP contribution in [0.15, 0.2) is 60.3 Å². The maximum Gasteiger partial charge on any atom is 0.327 e. The molecule has 0 saturated carbocycles. The number of carbonyl (C=O) groups is 5. The molecular weight excluding hydrogens is 552 g/mol. The molecule has 2 aromatic rings. The van der Waals surface area contributed by atoms with Crippen molar-refractivity contribution >= 4 is 41.4 Å². The minimum atomic E-state index is -1.36. The number of rotatable bonds is 6. The van der Waals surface area contributed by atoms with E-state index in [1.807, 2.05) is 0 Å². The predicted molar refractivity (Wildman–Crippen MR) is 146 cm³/mol. The van der Waals surface area contributed by atoms with Gasteiger partial charge in [0.25, 0.3) is 5.91 Å². The van der Waals surface area contributed by atoms with Crippen LogP contribution in [0.3, 0.4) is 0 Å². The molecule has 3 aliphatic rings. The second-order valence-corrected chi connectivity index (χ2v) is 12.4. The molecule has 3 heterocycles. The van der Waals surface area contributed by atoms with Gasteiger partial charge in [0, 0.05) is 16.5 Å². The van der Waals surface area contributed by atoms with E-state index in [0.29, 0.717) is 11.1 Å². The minimum absolute atomic E-state index is 0.0361. The highest BCUT2D eigenvalue weighted by Crippen LogP contribution is 2.51. The van der Waals surface area contributed by atoms with Crippen molar-refractivity contribution in [3.05, 3.63) is 71.4 Å². The van der Waals surface area contributed by atoms with Crippen molar-refractivity contribution in [3.8, 4) is 11.5 Å². The van der Waals surface area contributed by atoms with Crippen LogP contribution in [0, 0.1) is 0 Å². The second kappa shape index (κ2) is 10.1. The van der Waals surface area contributed by atoms with E-state index in [-0.39, 0.29) is 17.2 Å². The zero-order chi connectivity index (χ0) is 29.8. The third kappa shape index (κ3) is 4.86. The van der Waals surface area contributed by atoms with Gasteiger partial charge in [-0.2, -0.15) is 0 Å². The summed E-state index contributed by atoms with van der Waals surface area (Å²) >= 11 is 1.27. The molecule has 5 rings (SSSR count). The zero-order valence-electron chi connectivity index (χ0n) is 22.3. The first-order valence-corrected chi connectivity index (χ1v) is 13.6. The number of β-lactam (4-membered cyclic amide) rings is 1. The standard InChI is InChI=1S/C28H28N4O8S/c1-13-12-18(35)29-19(14-4-8-16(33)9-5-14)24(37)31(13)21(15-6-10-17(34)11-7-15)23(36)30-20-25(38)32-22(27(39)40)28(2,3)41-26(20)32/h4-12,19-22,26,33-34H,1-3H3,(H,29,35)(H,30,36)(H,39,40)/t19?,20-,21-,22+,26-/m1/s1. The predicted octanol–water partition coefficient (Wildman–Crippen LogP) is 1.37. The fraction of sp³-hybridized carbons (Fsp3) is 0.321. The maximum absolute atomic E-state index is 14.0. The number of phenols is 2. The zero-order valence-corrected chi connectivity index (χ0v) is 23.1. The van der Waals surface area contributed by atoms with E-state index in [4.69, 9.17) is 0 Å². The van der Waals surface area contributed by atoms with Gasteiger partial charge in [0.15, 0.2) is 0 Å². The molecule has 0 aromatic heterocycles. The number of nitrogens with one attached hydrogen (secondary N) is 2. The summed E-state index contributed by atoms with van der Waals surface area (Å²) in [5.41, 5.74) is 0.825. The number of aliphatic carboxylic acids is 1. The van der Waals surface area contributed by atoms with E-state index in [1.54, 1.807) is 13.8 Å². The lowest BCUT2D eigenvalue weighted by atomic mass is 9.95. The van der Waals surface area contributed by atoms with Crippen LogP contribution in [0.2, 0.25) is 0 Å². The van der Waals surface area contributed by atoms with E-state index < -0.39 is 63.9 Å². The Morgan fingerprint density at radius 1 is 0.976 bits per heavy atom. The Labute approximate surface area is 239 Å². The van der Waals surface area contributed by atoms with Gasteiger partial charge >= 0.3 is 5.97 Å². The minimum Gasteiger partial charge on any atom is -0.508 e. The molecule has 12 nitrogen and oxygen atoms in total. The molecule has 214 valence electrons. The number of aromatic hydroxyl groups is 2. The molecule has 0 radical (unpaired) electrons. The highest BCUT2D eigenvalue weighted by Gasteiger charge is 2.64. The van der Waals surface area contributed by atoms with Gasteiger partial charge in [-0.15, -0.1) is 11.8 Å². The van der Waals surface area contributed by atoms with E-state index in [9.17, 15) is 39.3 Å². The van der Waals surface area contributed by atoms with Gasteiger partial charge < -0.3 is 30.9 Å². The van der Waals surface area contributed by atoms with Crippen LogP contribution in [-0.4, -0.2) is 76.9 Å². The van der Waals surface area contributed by atoms with Crippen molar-refractivity contribution < 1.29 is 39.3 Å². The number of amides is 4. The average Bonchev–Trinajstić information content (AvgIpc) is 3.11. The van der Waals surface area contributed by atoms with Crippen LogP contribution in [0.25, 0.3) is 0 Å². The van der Waals surface area contributed by atoms with Gasteiger partial charge in [-0.25, -0.2) is 4.79 Å². The van der Waals surface area contributed by atoms with Gasteiger partial charge in [-0.3, -0.25) is 24.1 Å². The topological polar surface area (TPSA) is 177 Å². The third-order valence-corrected chi connectivity index (χ3v) is 8.98. The molecule has 4 amide bonds. The van der Waals surface area contributed by atoms with Crippen molar-refractivity contribution in [2.75, 3.05) is 0 Å². The number of fused-ring (bicyclic) bond motifs is 1. The number of thioether (sulfide) groups is 1. The molecule has 0 spiro atoms. The molecule has 13 heteroatoms. The van der Waals surface area contributed by atoms with Crippen LogP contribution < -0.4 is 10.6 Å². The molecular formula is C28H28N4O8S. The summed E-state index contributed by atoms with van der Waals surface area (Å²) in [5, 5.41) is 34.0. The number of hydrogen-bond donors (Lipinski definition) is 5. The Balaban J connectivity index is 1.51. The fourth-order valence-electron chi connectivity index (χ4n) is 5.49. The first-order chi connectivity index (χ1) is 19.3. The molecule has 2 saturated heterocycles. The van der Waals surface area contributed by atoms with Gasteiger partial charge in [0.05, 0.1) is 0 Å². The summed E-state index contributed by atoms with van der Waals surface area (Å²) in [6.45, 7) is 4.94. The molecule has 0 aliphatic carbocycles.